The van der Waals surface area contributed by atoms with E-state index in [2.05, 4.69) is 17.6 Å². The lowest BCUT2D eigenvalue weighted by atomic mass is 9.88. The summed E-state index contributed by atoms with van der Waals surface area (Å²) in [6, 6.07) is 4.59. The van der Waals surface area contributed by atoms with Crippen LogP contribution in [0.3, 0.4) is 0 Å². The fraction of sp³-hybridized carbons (Fsp3) is 0.278. The molecule has 5 nitrogen and oxygen atoms in total. The van der Waals surface area contributed by atoms with Crippen LogP contribution in [0.25, 0.3) is 0 Å². The average molecular weight is 442 g/mol. The molecule has 27 heavy (non-hydrogen) atoms. The van der Waals surface area contributed by atoms with Gasteiger partial charge in [-0.3, -0.25) is 14.9 Å². The number of nitrogens with one attached hydrogen (secondary N) is 2. The molecule has 9 heteroatoms. The van der Waals surface area contributed by atoms with Crippen LogP contribution in [0.15, 0.2) is 18.2 Å². The molecule has 0 spiro atoms. The molecule has 0 unspecified atom stereocenters. The first-order valence-corrected chi connectivity index (χ1v) is 10.3. The van der Waals surface area contributed by atoms with Gasteiger partial charge >= 0.3 is 0 Å². The molecule has 1 aromatic carbocycles. The van der Waals surface area contributed by atoms with Crippen LogP contribution >= 0.6 is 46.8 Å². The highest BCUT2D eigenvalue weighted by atomic mass is 35.5. The number of amides is 2. The number of benzene rings is 1. The Morgan fingerprint density at radius 3 is 2.78 bits per heavy atom. The van der Waals surface area contributed by atoms with Crippen molar-refractivity contribution in [3.8, 4) is 0 Å². The second kappa shape index (κ2) is 8.14. The van der Waals surface area contributed by atoms with Crippen molar-refractivity contribution in [2.75, 3.05) is 5.32 Å². The molecule has 1 aromatic heterocycles. The highest BCUT2D eigenvalue weighted by molar-refractivity contribution is 7.80. The summed E-state index contributed by atoms with van der Waals surface area (Å²) in [5.41, 5.74) is 7.24. The van der Waals surface area contributed by atoms with Crippen LogP contribution in [0.5, 0.6) is 0 Å². The summed E-state index contributed by atoms with van der Waals surface area (Å²) in [6.07, 6.45) is 2.72. The molecule has 0 saturated heterocycles. The van der Waals surface area contributed by atoms with Gasteiger partial charge in [0.25, 0.3) is 11.8 Å². The summed E-state index contributed by atoms with van der Waals surface area (Å²) in [5, 5.41) is 6.77. The van der Waals surface area contributed by atoms with Gasteiger partial charge in [0, 0.05) is 9.90 Å². The molecule has 2 aromatic rings. The number of carbonyl (C=O) groups is 2. The van der Waals surface area contributed by atoms with E-state index in [0.29, 0.717) is 21.5 Å². The Morgan fingerprint density at radius 1 is 1.33 bits per heavy atom. The Balaban J connectivity index is 1.79. The lowest BCUT2D eigenvalue weighted by Gasteiger charge is -2.18. The lowest BCUT2D eigenvalue weighted by Crippen LogP contribution is -2.34. The van der Waals surface area contributed by atoms with Crippen molar-refractivity contribution >= 4 is 68.7 Å². The SMILES string of the molecule is C[C@H]1CCc2c(sc(NC(=S)NC(=O)c3cc(Cl)ccc3Cl)c2C(N)=O)C1. The smallest absolute Gasteiger partial charge is 0.258 e. The molecule has 1 aliphatic carbocycles. The van der Waals surface area contributed by atoms with E-state index >= 15 is 0 Å². The van der Waals surface area contributed by atoms with Crippen molar-refractivity contribution in [3.05, 3.63) is 49.8 Å². The van der Waals surface area contributed by atoms with E-state index in [1.165, 1.54) is 23.5 Å². The molecule has 1 heterocycles. The number of primary amides is 1. The zero-order valence-electron chi connectivity index (χ0n) is 14.4. The van der Waals surface area contributed by atoms with E-state index in [1.807, 2.05) is 0 Å². The molecule has 0 aliphatic heterocycles. The molecule has 0 bridgehead atoms. The van der Waals surface area contributed by atoms with Gasteiger partial charge in [-0.2, -0.15) is 0 Å². The third kappa shape index (κ3) is 4.43. The van der Waals surface area contributed by atoms with E-state index < -0.39 is 11.8 Å². The summed E-state index contributed by atoms with van der Waals surface area (Å²) < 4.78 is 0. The maximum atomic E-state index is 12.4. The van der Waals surface area contributed by atoms with E-state index in [0.717, 1.165) is 29.7 Å². The number of anilines is 1. The predicted octanol–water partition coefficient (Wildman–Crippen LogP) is 4.41. The summed E-state index contributed by atoms with van der Waals surface area (Å²) in [7, 11) is 0. The highest BCUT2D eigenvalue weighted by Crippen LogP contribution is 2.39. The Bertz CT molecular complexity index is 943. The molecule has 0 fully saturated rings. The van der Waals surface area contributed by atoms with E-state index in [4.69, 9.17) is 41.2 Å². The van der Waals surface area contributed by atoms with E-state index in [-0.39, 0.29) is 15.7 Å². The quantitative estimate of drug-likeness (QED) is 0.615. The zero-order valence-corrected chi connectivity index (χ0v) is 17.5. The monoisotopic (exact) mass is 441 g/mol. The topological polar surface area (TPSA) is 84.2 Å². The first-order chi connectivity index (χ1) is 12.8. The summed E-state index contributed by atoms with van der Waals surface area (Å²) in [6.45, 7) is 2.18. The van der Waals surface area contributed by atoms with Crippen molar-refractivity contribution in [1.29, 1.82) is 0 Å². The Labute approximate surface area is 176 Å². The fourth-order valence-corrected chi connectivity index (χ4v) is 5.13. The zero-order chi connectivity index (χ0) is 19.7. The highest BCUT2D eigenvalue weighted by Gasteiger charge is 2.27. The third-order valence-electron chi connectivity index (χ3n) is 4.39. The van der Waals surface area contributed by atoms with Crippen LogP contribution < -0.4 is 16.4 Å². The maximum Gasteiger partial charge on any atom is 0.258 e. The van der Waals surface area contributed by atoms with Gasteiger partial charge in [0.05, 0.1) is 16.1 Å². The molecule has 1 atom stereocenters. The van der Waals surface area contributed by atoms with E-state index in [9.17, 15) is 9.59 Å². The Hall–Kier alpha value is -1.67. The normalized spacial score (nSPS) is 15.7. The van der Waals surface area contributed by atoms with Gasteiger partial charge in [-0.15, -0.1) is 11.3 Å². The van der Waals surface area contributed by atoms with Gasteiger partial charge in [0.1, 0.15) is 5.00 Å². The van der Waals surface area contributed by atoms with Gasteiger partial charge < -0.3 is 11.1 Å². The molecule has 142 valence electrons. The molecular weight excluding hydrogens is 425 g/mol. The number of rotatable bonds is 3. The minimum absolute atomic E-state index is 0.0604. The van der Waals surface area contributed by atoms with Crippen LogP contribution in [0.1, 0.15) is 44.5 Å². The van der Waals surface area contributed by atoms with Crippen molar-refractivity contribution in [1.82, 2.24) is 5.32 Å². The molecular formula is C18H17Cl2N3O2S2. The van der Waals surface area contributed by atoms with Crippen LogP contribution in [0, 0.1) is 5.92 Å². The van der Waals surface area contributed by atoms with E-state index in [1.54, 1.807) is 6.07 Å². The van der Waals surface area contributed by atoms with Crippen molar-refractivity contribution < 1.29 is 9.59 Å². The standard InChI is InChI=1S/C18H17Cl2N3O2S2/c1-8-2-4-10-13(6-8)27-17(14(10)15(21)24)23-18(26)22-16(25)11-7-9(19)3-5-12(11)20/h3,5,7-8H,2,4,6H2,1H3,(H2,21,24)(H2,22,23,25,26)/t8-/m0/s1. The summed E-state index contributed by atoms with van der Waals surface area (Å²) >= 11 is 18.6. The van der Waals surface area contributed by atoms with Crippen molar-refractivity contribution in [2.24, 2.45) is 11.7 Å². The summed E-state index contributed by atoms with van der Waals surface area (Å²) in [5.74, 6) is -0.437. The van der Waals surface area contributed by atoms with Crippen LogP contribution in [-0.2, 0) is 12.8 Å². The number of thiocarbonyl (C=S) groups is 1. The fourth-order valence-electron chi connectivity index (χ4n) is 3.08. The van der Waals surface area contributed by atoms with Crippen LogP contribution in [0.2, 0.25) is 10.0 Å². The number of hydrogen-bond donors (Lipinski definition) is 3. The van der Waals surface area contributed by atoms with Gasteiger partial charge in [-0.25, -0.2) is 0 Å². The average Bonchev–Trinajstić information content (AvgIpc) is 2.93. The number of nitrogens with two attached hydrogens (primary N) is 1. The second-order valence-electron chi connectivity index (χ2n) is 6.45. The van der Waals surface area contributed by atoms with Gasteiger partial charge in [-0.05, 0) is 61.2 Å². The second-order valence-corrected chi connectivity index (χ2v) is 8.81. The maximum absolute atomic E-state index is 12.4. The molecule has 0 saturated carbocycles. The largest absolute Gasteiger partial charge is 0.365 e. The number of halogens is 2. The van der Waals surface area contributed by atoms with Gasteiger partial charge in [-0.1, -0.05) is 30.1 Å². The minimum atomic E-state index is -0.503. The Morgan fingerprint density at radius 2 is 2.07 bits per heavy atom. The predicted molar refractivity (Wildman–Crippen MR) is 114 cm³/mol. The lowest BCUT2D eigenvalue weighted by molar-refractivity contribution is 0.0975. The van der Waals surface area contributed by atoms with Crippen LogP contribution in [-0.4, -0.2) is 16.9 Å². The number of hydrogen-bond acceptors (Lipinski definition) is 4. The summed E-state index contributed by atoms with van der Waals surface area (Å²) in [4.78, 5) is 25.5. The number of fused-ring (bicyclic) bond motifs is 1. The van der Waals surface area contributed by atoms with Crippen LogP contribution in [0.4, 0.5) is 5.00 Å². The molecule has 0 radical (unpaired) electrons. The van der Waals surface area contributed by atoms with Crippen molar-refractivity contribution in [2.45, 2.75) is 26.2 Å². The molecule has 3 rings (SSSR count). The molecule has 4 N–H and O–H groups in total. The minimum Gasteiger partial charge on any atom is -0.365 e. The first kappa shape index (κ1) is 20.1. The van der Waals surface area contributed by atoms with Gasteiger partial charge in [0.15, 0.2) is 5.11 Å². The first-order valence-electron chi connectivity index (χ1n) is 8.28. The molecule has 1 aliphatic rings. The third-order valence-corrected chi connectivity index (χ3v) is 6.32. The number of carbonyl (C=O) groups excluding carboxylic acids is 2. The van der Waals surface area contributed by atoms with Gasteiger partial charge in [0.2, 0.25) is 0 Å². The number of thiophene rings is 1. The van der Waals surface area contributed by atoms with Crippen molar-refractivity contribution in [3.63, 3.8) is 0 Å². The Kier molecular flexibility index (Phi) is 6.05. The molecule has 2 amide bonds.